The Hall–Kier alpha value is -2.91. The summed E-state index contributed by atoms with van der Waals surface area (Å²) in [6.07, 6.45) is -2.02. The number of benzene rings is 1. The van der Waals surface area contributed by atoms with E-state index in [0.29, 0.717) is 42.0 Å². The van der Waals surface area contributed by atoms with Gasteiger partial charge in [-0.05, 0) is 49.9 Å². The van der Waals surface area contributed by atoms with Crippen LogP contribution in [0.1, 0.15) is 47.6 Å². The first kappa shape index (κ1) is 18.5. The van der Waals surface area contributed by atoms with Gasteiger partial charge < -0.3 is 13.7 Å². The van der Waals surface area contributed by atoms with E-state index in [1.807, 2.05) is 0 Å². The summed E-state index contributed by atoms with van der Waals surface area (Å²) < 4.78 is 53.6. The van der Waals surface area contributed by atoms with Crippen LogP contribution in [0.4, 0.5) is 13.2 Å². The Labute approximate surface area is 157 Å². The maximum Gasteiger partial charge on any atom is 0.471 e. The van der Waals surface area contributed by atoms with Crippen LogP contribution in [0.15, 0.2) is 21.1 Å². The quantitative estimate of drug-likeness (QED) is 0.617. The zero-order chi connectivity index (χ0) is 19.9. The first-order chi connectivity index (χ1) is 13.3. The molecule has 2 aromatic heterocycles. The van der Waals surface area contributed by atoms with Crippen LogP contribution in [0.2, 0.25) is 0 Å². The van der Waals surface area contributed by atoms with Crippen molar-refractivity contribution in [1.29, 1.82) is 0 Å². The Balaban J connectivity index is 1.44. The van der Waals surface area contributed by atoms with Gasteiger partial charge in [0.25, 0.3) is 0 Å². The zero-order valence-electron chi connectivity index (χ0n) is 15.2. The second-order valence-corrected chi connectivity index (χ2v) is 6.77. The van der Waals surface area contributed by atoms with E-state index in [4.69, 9.17) is 9.15 Å². The fourth-order valence-corrected chi connectivity index (χ4v) is 2.87. The van der Waals surface area contributed by atoms with Gasteiger partial charge in [-0.2, -0.15) is 18.2 Å². The molecule has 1 fully saturated rings. The highest BCUT2D eigenvalue weighted by Gasteiger charge is 2.38. The third kappa shape index (κ3) is 3.85. The molecule has 4 rings (SSSR count). The lowest BCUT2D eigenvalue weighted by atomic mass is 10.1. The van der Waals surface area contributed by atoms with Crippen molar-refractivity contribution in [3.63, 3.8) is 0 Å². The van der Waals surface area contributed by atoms with Crippen molar-refractivity contribution >= 4 is 0 Å². The molecule has 0 spiro atoms. The van der Waals surface area contributed by atoms with E-state index in [-0.39, 0.29) is 5.82 Å². The summed E-state index contributed by atoms with van der Waals surface area (Å²) in [7, 11) is 0. The van der Waals surface area contributed by atoms with Gasteiger partial charge in [-0.3, -0.25) is 0 Å². The minimum Gasteiger partial charge on any atom is -0.493 e. The lowest BCUT2D eigenvalue weighted by Crippen LogP contribution is -2.05. The van der Waals surface area contributed by atoms with E-state index >= 15 is 0 Å². The molecule has 0 unspecified atom stereocenters. The normalized spacial score (nSPS) is 14.5. The van der Waals surface area contributed by atoms with Crippen molar-refractivity contribution in [3.05, 3.63) is 40.9 Å². The van der Waals surface area contributed by atoms with Gasteiger partial charge in [0.1, 0.15) is 5.75 Å². The Bertz CT molecular complexity index is 969. The largest absolute Gasteiger partial charge is 0.493 e. The maximum absolute atomic E-state index is 12.6. The molecule has 2 heterocycles. The number of halogens is 3. The second-order valence-electron chi connectivity index (χ2n) is 6.77. The maximum atomic E-state index is 12.6. The number of rotatable bonds is 6. The minimum absolute atomic E-state index is 0.122. The molecule has 0 saturated heterocycles. The lowest BCUT2D eigenvalue weighted by molar-refractivity contribution is -0.159. The van der Waals surface area contributed by atoms with Crippen LogP contribution in [-0.2, 0) is 12.6 Å². The van der Waals surface area contributed by atoms with Crippen molar-refractivity contribution in [2.24, 2.45) is 0 Å². The van der Waals surface area contributed by atoms with Crippen LogP contribution in [0.3, 0.4) is 0 Å². The number of hydrogen-bond donors (Lipinski definition) is 0. The molecule has 28 heavy (non-hydrogen) atoms. The molecule has 0 N–H and O–H groups in total. The van der Waals surface area contributed by atoms with E-state index in [0.717, 1.165) is 24.0 Å². The molecular formula is C18H17F3N4O3. The highest BCUT2D eigenvalue weighted by molar-refractivity contribution is 5.61. The predicted octanol–water partition coefficient (Wildman–Crippen LogP) is 4.25. The molecule has 1 aliphatic rings. The molecular weight excluding hydrogens is 377 g/mol. The van der Waals surface area contributed by atoms with Gasteiger partial charge in [-0.15, -0.1) is 10.2 Å². The SMILES string of the molecule is Cc1cc(-c2noc(C(F)(F)F)n2)cc(C)c1OCCc1nnc(C2CC2)o1. The molecule has 3 aromatic rings. The predicted molar refractivity (Wildman–Crippen MR) is 89.7 cm³/mol. The third-order valence-corrected chi connectivity index (χ3v) is 4.36. The van der Waals surface area contributed by atoms with Crippen LogP contribution in [0.25, 0.3) is 11.4 Å². The van der Waals surface area contributed by atoms with Gasteiger partial charge in [0, 0.05) is 11.5 Å². The van der Waals surface area contributed by atoms with Crippen LogP contribution in [0.5, 0.6) is 5.75 Å². The van der Waals surface area contributed by atoms with Crippen LogP contribution >= 0.6 is 0 Å². The Morgan fingerprint density at radius 1 is 1.14 bits per heavy atom. The number of nitrogens with zero attached hydrogens (tertiary/aromatic N) is 4. The van der Waals surface area contributed by atoms with Gasteiger partial charge in [0.05, 0.1) is 13.0 Å². The highest BCUT2D eigenvalue weighted by atomic mass is 19.4. The molecule has 0 amide bonds. The monoisotopic (exact) mass is 394 g/mol. The Kier molecular flexibility index (Phi) is 4.56. The smallest absolute Gasteiger partial charge is 0.471 e. The molecule has 1 saturated carbocycles. The Morgan fingerprint density at radius 3 is 2.46 bits per heavy atom. The van der Waals surface area contributed by atoms with Crippen LogP contribution in [-0.4, -0.2) is 26.9 Å². The summed E-state index contributed by atoms with van der Waals surface area (Å²) in [5.74, 6) is 0.768. The molecule has 7 nitrogen and oxygen atoms in total. The van der Waals surface area contributed by atoms with Gasteiger partial charge in [0.2, 0.25) is 17.6 Å². The molecule has 0 radical (unpaired) electrons. The van der Waals surface area contributed by atoms with E-state index in [1.54, 1.807) is 26.0 Å². The fraction of sp³-hybridized carbons (Fsp3) is 0.444. The third-order valence-electron chi connectivity index (χ3n) is 4.36. The molecule has 0 atom stereocenters. The zero-order valence-corrected chi connectivity index (χ0v) is 15.2. The highest BCUT2D eigenvalue weighted by Crippen LogP contribution is 2.39. The fourth-order valence-electron chi connectivity index (χ4n) is 2.87. The molecule has 0 aliphatic heterocycles. The van der Waals surface area contributed by atoms with E-state index in [1.165, 1.54) is 0 Å². The molecule has 0 bridgehead atoms. The molecule has 10 heteroatoms. The van der Waals surface area contributed by atoms with Crippen molar-refractivity contribution in [2.75, 3.05) is 6.61 Å². The number of ether oxygens (including phenoxy) is 1. The van der Waals surface area contributed by atoms with Gasteiger partial charge in [-0.25, -0.2) is 0 Å². The van der Waals surface area contributed by atoms with Crippen LogP contribution < -0.4 is 4.74 Å². The first-order valence-corrected chi connectivity index (χ1v) is 8.79. The minimum atomic E-state index is -4.67. The summed E-state index contributed by atoms with van der Waals surface area (Å²) >= 11 is 0. The summed E-state index contributed by atoms with van der Waals surface area (Å²) in [5.41, 5.74) is 1.92. The van der Waals surface area contributed by atoms with E-state index in [9.17, 15) is 13.2 Å². The number of hydrogen-bond acceptors (Lipinski definition) is 7. The van der Waals surface area contributed by atoms with Gasteiger partial charge >= 0.3 is 12.1 Å². The number of alkyl halides is 3. The average molecular weight is 394 g/mol. The topological polar surface area (TPSA) is 87.1 Å². The average Bonchev–Trinajstić information content (AvgIpc) is 3.16. The van der Waals surface area contributed by atoms with E-state index < -0.39 is 12.1 Å². The molecule has 148 valence electrons. The first-order valence-electron chi connectivity index (χ1n) is 8.79. The Morgan fingerprint density at radius 2 is 1.86 bits per heavy atom. The standard InChI is InChI=1S/C18H17F3N4O3/c1-9-7-12(15-22-17(28-25-15)18(19,20)21)8-10(2)14(9)26-6-5-13-23-24-16(27-13)11-3-4-11/h7-8,11H,3-6H2,1-2H3. The molecule has 1 aliphatic carbocycles. The van der Waals surface area contributed by atoms with Crippen molar-refractivity contribution in [1.82, 2.24) is 20.3 Å². The summed E-state index contributed by atoms with van der Waals surface area (Å²) in [6, 6.07) is 3.32. The molecule has 1 aromatic carbocycles. The van der Waals surface area contributed by atoms with Crippen molar-refractivity contribution < 1.29 is 26.8 Å². The van der Waals surface area contributed by atoms with Crippen LogP contribution in [0, 0.1) is 13.8 Å². The number of aromatic nitrogens is 4. The summed E-state index contributed by atoms with van der Waals surface area (Å²) in [6.45, 7) is 3.94. The lowest BCUT2D eigenvalue weighted by Gasteiger charge is -2.12. The number of aryl methyl sites for hydroxylation is 2. The summed E-state index contributed by atoms with van der Waals surface area (Å²) in [4.78, 5) is 3.42. The van der Waals surface area contributed by atoms with Gasteiger partial charge in [0.15, 0.2) is 0 Å². The van der Waals surface area contributed by atoms with Crippen molar-refractivity contribution in [3.8, 4) is 17.1 Å². The van der Waals surface area contributed by atoms with Gasteiger partial charge in [-0.1, -0.05) is 5.16 Å². The van der Waals surface area contributed by atoms with Crippen molar-refractivity contribution in [2.45, 2.75) is 45.2 Å². The summed E-state index contributed by atoms with van der Waals surface area (Å²) in [5, 5.41) is 11.5. The van der Waals surface area contributed by atoms with E-state index in [2.05, 4.69) is 24.9 Å². The second kappa shape index (κ2) is 6.92.